The van der Waals surface area contributed by atoms with Gasteiger partial charge in [0.15, 0.2) is 9.84 Å². The van der Waals surface area contributed by atoms with Gasteiger partial charge in [0.1, 0.15) is 0 Å². The Hall–Kier alpha value is -0.620. The number of benzene rings is 1. The standard InChI is InChI=1S/C13H18ClNO3S/c1-2-19(17,18)12-11(13(12,7-15)8-16)9-4-3-5-10(14)6-9/h3-6,11-12,16H,2,7-8,15H2,1H3/t11-,12-,13+/m0/s1. The van der Waals surface area contributed by atoms with Crippen molar-refractivity contribution >= 4 is 21.4 Å². The van der Waals surface area contributed by atoms with E-state index in [0.717, 1.165) is 5.56 Å². The largest absolute Gasteiger partial charge is 0.396 e. The molecule has 3 atom stereocenters. The van der Waals surface area contributed by atoms with Crippen LogP contribution in [0.15, 0.2) is 24.3 Å². The van der Waals surface area contributed by atoms with Gasteiger partial charge in [0.05, 0.1) is 11.9 Å². The van der Waals surface area contributed by atoms with Crippen LogP contribution >= 0.6 is 11.6 Å². The van der Waals surface area contributed by atoms with Gasteiger partial charge in [-0.2, -0.15) is 0 Å². The van der Waals surface area contributed by atoms with Crippen LogP contribution in [0.25, 0.3) is 0 Å². The van der Waals surface area contributed by atoms with Crippen LogP contribution in [-0.2, 0) is 9.84 Å². The van der Waals surface area contributed by atoms with Crippen LogP contribution in [-0.4, -0.2) is 37.7 Å². The van der Waals surface area contributed by atoms with Crippen LogP contribution in [0.5, 0.6) is 0 Å². The van der Waals surface area contributed by atoms with Crippen LogP contribution < -0.4 is 5.73 Å². The van der Waals surface area contributed by atoms with E-state index in [1.165, 1.54) is 0 Å². The van der Waals surface area contributed by atoms with Crippen LogP contribution in [0.4, 0.5) is 0 Å². The zero-order valence-electron chi connectivity index (χ0n) is 10.7. The van der Waals surface area contributed by atoms with E-state index in [2.05, 4.69) is 0 Å². The molecule has 0 amide bonds. The molecule has 0 saturated heterocycles. The first-order chi connectivity index (χ1) is 8.93. The number of rotatable bonds is 5. The fourth-order valence-electron chi connectivity index (χ4n) is 2.90. The molecule has 0 aliphatic heterocycles. The van der Waals surface area contributed by atoms with Gasteiger partial charge in [-0.25, -0.2) is 8.42 Å². The Morgan fingerprint density at radius 1 is 1.47 bits per heavy atom. The normalized spacial score (nSPS) is 30.3. The molecule has 1 aliphatic rings. The molecule has 19 heavy (non-hydrogen) atoms. The van der Waals surface area contributed by atoms with Crippen LogP contribution in [0.2, 0.25) is 5.02 Å². The van der Waals surface area contributed by atoms with Crippen molar-refractivity contribution < 1.29 is 13.5 Å². The highest BCUT2D eigenvalue weighted by atomic mass is 35.5. The van der Waals surface area contributed by atoms with Gasteiger partial charge in [-0.3, -0.25) is 0 Å². The first-order valence-electron chi connectivity index (χ1n) is 6.21. The second kappa shape index (κ2) is 5.05. The Labute approximate surface area is 118 Å². The van der Waals surface area contributed by atoms with E-state index in [1.54, 1.807) is 25.1 Å². The maximum Gasteiger partial charge on any atom is 0.154 e. The lowest BCUT2D eigenvalue weighted by molar-refractivity contribution is 0.212. The minimum atomic E-state index is -3.25. The molecule has 1 fully saturated rings. The molecule has 106 valence electrons. The smallest absolute Gasteiger partial charge is 0.154 e. The van der Waals surface area contributed by atoms with Gasteiger partial charge in [0.25, 0.3) is 0 Å². The number of sulfone groups is 1. The van der Waals surface area contributed by atoms with Gasteiger partial charge >= 0.3 is 0 Å². The Balaban J connectivity index is 2.45. The first-order valence-corrected chi connectivity index (χ1v) is 8.30. The van der Waals surface area contributed by atoms with Crippen LogP contribution in [0.1, 0.15) is 18.4 Å². The lowest BCUT2D eigenvalue weighted by atomic mass is 10.0. The molecule has 0 aromatic heterocycles. The molecule has 0 bridgehead atoms. The molecule has 0 spiro atoms. The maximum atomic E-state index is 12.2. The highest BCUT2D eigenvalue weighted by molar-refractivity contribution is 7.92. The molecule has 3 N–H and O–H groups in total. The van der Waals surface area contributed by atoms with Gasteiger partial charge < -0.3 is 10.8 Å². The zero-order valence-corrected chi connectivity index (χ0v) is 12.3. The summed E-state index contributed by atoms with van der Waals surface area (Å²) in [5.74, 6) is -0.220. The molecule has 6 heteroatoms. The number of nitrogens with two attached hydrogens (primary N) is 1. The van der Waals surface area contributed by atoms with E-state index >= 15 is 0 Å². The third-order valence-corrected chi connectivity index (χ3v) is 6.61. The molecule has 1 aliphatic carbocycles. The fraction of sp³-hybridized carbons (Fsp3) is 0.538. The van der Waals surface area contributed by atoms with Gasteiger partial charge in [0.2, 0.25) is 0 Å². The maximum absolute atomic E-state index is 12.2. The van der Waals surface area contributed by atoms with Crippen molar-refractivity contribution in [3.05, 3.63) is 34.9 Å². The number of hydrogen-bond donors (Lipinski definition) is 2. The molecule has 1 aromatic carbocycles. The predicted molar refractivity (Wildman–Crippen MR) is 76.0 cm³/mol. The van der Waals surface area contributed by atoms with E-state index in [1.807, 2.05) is 6.07 Å². The molecule has 1 aromatic rings. The first kappa shape index (κ1) is 14.8. The Kier molecular flexibility index (Phi) is 3.93. The van der Waals surface area contributed by atoms with E-state index in [9.17, 15) is 13.5 Å². The average Bonchev–Trinajstić information content (AvgIpc) is 3.09. The second-order valence-corrected chi connectivity index (χ2v) is 7.85. The Morgan fingerprint density at radius 2 is 2.16 bits per heavy atom. The van der Waals surface area contributed by atoms with Crippen LogP contribution in [0.3, 0.4) is 0 Å². The van der Waals surface area contributed by atoms with Crippen molar-refractivity contribution in [2.45, 2.75) is 18.1 Å². The van der Waals surface area contributed by atoms with E-state index in [0.29, 0.717) is 5.02 Å². The summed E-state index contributed by atoms with van der Waals surface area (Å²) in [6, 6.07) is 7.10. The van der Waals surface area contributed by atoms with Crippen LogP contribution in [0, 0.1) is 5.41 Å². The predicted octanol–water partition coefficient (Wildman–Crippen LogP) is 1.18. The number of aliphatic hydroxyl groups is 1. The monoisotopic (exact) mass is 303 g/mol. The summed E-state index contributed by atoms with van der Waals surface area (Å²) in [7, 11) is -3.25. The fourth-order valence-corrected chi connectivity index (χ4v) is 5.26. The summed E-state index contributed by atoms with van der Waals surface area (Å²) in [5, 5.41) is 9.55. The van der Waals surface area contributed by atoms with Crippen molar-refractivity contribution in [2.24, 2.45) is 11.1 Å². The summed E-state index contributed by atoms with van der Waals surface area (Å²) in [6.07, 6.45) is 0. The van der Waals surface area contributed by atoms with Gasteiger partial charge in [-0.1, -0.05) is 30.7 Å². The molecule has 4 nitrogen and oxygen atoms in total. The van der Waals surface area contributed by atoms with E-state index in [-0.39, 0.29) is 24.8 Å². The molecule has 0 radical (unpaired) electrons. The lowest BCUT2D eigenvalue weighted by Gasteiger charge is -2.11. The summed E-state index contributed by atoms with van der Waals surface area (Å²) in [6.45, 7) is 1.52. The Morgan fingerprint density at radius 3 is 2.63 bits per heavy atom. The summed E-state index contributed by atoms with van der Waals surface area (Å²) in [5.41, 5.74) is 5.79. The lowest BCUT2D eigenvalue weighted by Crippen LogP contribution is -2.28. The third-order valence-electron chi connectivity index (χ3n) is 4.05. The number of halogens is 1. The summed E-state index contributed by atoms with van der Waals surface area (Å²) >= 11 is 5.95. The molecular formula is C13H18ClNO3S. The van der Waals surface area contributed by atoms with Crippen molar-refractivity contribution in [3.63, 3.8) is 0 Å². The second-order valence-electron chi connectivity index (χ2n) is 5.00. The van der Waals surface area contributed by atoms with Crippen molar-refractivity contribution in [3.8, 4) is 0 Å². The van der Waals surface area contributed by atoms with Crippen molar-refractivity contribution in [2.75, 3.05) is 18.9 Å². The topological polar surface area (TPSA) is 80.4 Å². The quantitative estimate of drug-likeness (QED) is 0.856. The summed E-state index contributed by atoms with van der Waals surface area (Å²) in [4.78, 5) is 0. The van der Waals surface area contributed by atoms with E-state index < -0.39 is 20.5 Å². The third kappa shape index (κ3) is 2.29. The molecule has 0 unspecified atom stereocenters. The zero-order chi connectivity index (χ0) is 14.3. The summed E-state index contributed by atoms with van der Waals surface area (Å²) < 4.78 is 24.3. The van der Waals surface area contributed by atoms with Crippen molar-refractivity contribution in [1.29, 1.82) is 0 Å². The Bertz CT molecular complexity index is 569. The minimum absolute atomic E-state index is 0.0521. The highest BCUT2D eigenvalue weighted by Gasteiger charge is 2.69. The van der Waals surface area contributed by atoms with Crippen molar-refractivity contribution in [1.82, 2.24) is 0 Å². The van der Waals surface area contributed by atoms with Gasteiger partial charge in [0, 0.05) is 28.7 Å². The molecule has 1 saturated carbocycles. The molecule has 0 heterocycles. The van der Waals surface area contributed by atoms with Gasteiger partial charge in [-0.05, 0) is 17.7 Å². The minimum Gasteiger partial charge on any atom is -0.396 e. The SMILES string of the molecule is CCS(=O)(=O)[C@H]1[C@H](c2cccc(Cl)c2)[C@@]1(CN)CO. The number of hydrogen-bond acceptors (Lipinski definition) is 4. The van der Waals surface area contributed by atoms with E-state index in [4.69, 9.17) is 17.3 Å². The highest BCUT2D eigenvalue weighted by Crippen LogP contribution is 2.62. The average molecular weight is 304 g/mol. The number of aliphatic hydroxyl groups excluding tert-OH is 1. The molecular weight excluding hydrogens is 286 g/mol. The molecule has 2 rings (SSSR count). The van der Waals surface area contributed by atoms with Gasteiger partial charge in [-0.15, -0.1) is 0 Å².